The number of nitrogens with zero attached hydrogens (tertiary/aromatic N) is 1. The normalized spacial score (nSPS) is 14.1. The Morgan fingerprint density at radius 3 is 2.32 bits per heavy atom. The molecule has 9 nitrogen and oxygen atoms in total. The molecule has 1 saturated heterocycles. The summed E-state index contributed by atoms with van der Waals surface area (Å²) in [5, 5.41) is 3.42. The molecule has 1 aliphatic heterocycles. The highest BCUT2D eigenvalue weighted by Gasteiger charge is 2.17. The number of thiocarbonyl (C=S) groups is 1. The van der Waals surface area contributed by atoms with Gasteiger partial charge in [-0.05, 0) is 37.3 Å². The van der Waals surface area contributed by atoms with Gasteiger partial charge in [-0.15, -0.1) is 0 Å². The van der Waals surface area contributed by atoms with Crippen LogP contribution in [0.15, 0.2) is 12.1 Å². The number of amides is 1. The van der Waals surface area contributed by atoms with Crippen LogP contribution in [0.25, 0.3) is 0 Å². The van der Waals surface area contributed by atoms with E-state index in [1.54, 1.807) is 12.1 Å². The second kappa shape index (κ2) is 11.5. The number of methoxy groups -OCH3 is 3. The molecule has 2 rings (SSSR count). The molecule has 1 aromatic rings. The lowest BCUT2D eigenvalue weighted by Gasteiger charge is -2.26. The number of morpholine rings is 1. The van der Waals surface area contributed by atoms with Crippen molar-refractivity contribution in [3.63, 3.8) is 0 Å². The summed E-state index contributed by atoms with van der Waals surface area (Å²) >= 11 is 5.19. The molecule has 1 heterocycles. The maximum atomic E-state index is 12.4. The molecule has 1 aromatic carbocycles. The molecular formula is C18H28N4O5S. The zero-order valence-electron chi connectivity index (χ0n) is 16.5. The SMILES string of the molecule is COc1cc(C(=O)NNC(=S)NCCCN2CCOCC2)cc(OC)c1OC. The number of hydrogen-bond donors (Lipinski definition) is 3. The molecule has 0 aromatic heterocycles. The number of carbonyl (C=O) groups excluding carboxylic acids is 1. The van der Waals surface area contributed by atoms with Gasteiger partial charge in [-0.25, -0.2) is 0 Å². The second-order valence-electron chi connectivity index (χ2n) is 6.06. The summed E-state index contributed by atoms with van der Waals surface area (Å²) in [7, 11) is 4.49. The molecule has 0 aliphatic carbocycles. The van der Waals surface area contributed by atoms with Gasteiger partial charge in [0, 0.05) is 25.2 Å². The number of hydrogen-bond acceptors (Lipinski definition) is 7. The summed E-state index contributed by atoms with van der Waals surface area (Å²) in [5.41, 5.74) is 5.60. The van der Waals surface area contributed by atoms with Crippen LogP contribution in [0.4, 0.5) is 0 Å². The van der Waals surface area contributed by atoms with E-state index in [-0.39, 0.29) is 5.91 Å². The third kappa shape index (κ3) is 6.39. The number of benzene rings is 1. The van der Waals surface area contributed by atoms with Crippen LogP contribution in [0.3, 0.4) is 0 Å². The van der Waals surface area contributed by atoms with Crippen molar-refractivity contribution < 1.29 is 23.7 Å². The molecule has 10 heteroatoms. The van der Waals surface area contributed by atoms with E-state index in [0.717, 1.165) is 39.3 Å². The van der Waals surface area contributed by atoms with Crippen molar-refractivity contribution >= 4 is 23.2 Å². The lowest BCUT2D eigenvalue weighted by atomic mass is 10.1. The van der Waals surface area contributed by atoms with Gasteiger partial charge in [0.25, 0.3) is 5.91 Å². The second-order valence-corrected chi connectivity index (χ2v) is 6.46. The minimum atomic E-state index is -0.378. The van der Waals surface area contributed by atoms with Gasteiger partial charge >= 0.3 is 0 Å². The minimum absolute atomic E-state index is 0.345. The van der Waals surface area contributed by atoms with Crippen molar-refractivity contribution in [2.75, 3.05) is 60.7 Å². The lowest BCUT2D eigenvalue weighted by Crippen LogP contribution is -2.47. The van der Waals surface area contributed by atoms with Crippen molar-refractivity contribution in [3.8, 4) is 17.2 Å². The van der Waals surface area contributed by atoms with Crippen molar-refractivity contribution in [3.05, 3.63) is 17.7 Å². The number of ether oxygens (including phenoxy) is 4. The van der Waals surface area contributed by atoms with E-state index >= 15 is 0 Å². The molecule has 1 amide bonds. The Morgan fingerprint density at radius 2 is 1.75 bits per heavy atom. The zero-order chi connectivity index (χ0) is 20.4. The Bertz CT molecular complexity index is 642. The van der Waals surface area contributed by atoms with E-state index in [2.05, 4.69) is 21.1 Å². The third-order valence-electron chi connectivity index (χ3n) is 4.26. The fourth-order valence-corrected chi connectivity index (χ4v) is 2.92. The Balaban J connectivity index is 1.77. The highest BCUT2D eigenvalue weighted by molar-refractivity contribution is 7.80. The highest BCUT2D eigenvalue weighted by atomic mass is 32.1. The van der Waals surface area contributed by atoms with Crippen LogP contribution in [-0.2, 0) is 4.74 Å². The molecule has 1 fully saturated rings. The number of nitrogens with one attached hydrogen (secondary N) is 3. The molecule has 156 valence electrons. The molecule has 28 heavy (non-hydrogen) atoms. The van der Waals surface area contributed by atoms with E-state index in [4.69, 9.17) is 31.2 Å². The first-order valence-electron chi connectivity index (χ1n) is 9.03. The Morgan fingerprint density at radius 1 is 1.11 bits per heavy atom. The monoisotopic (exact) mass is 412 g/mol. The summed E-state index contributed by atoms with van der Waals surface area (Å²) in [6, 6.07) is 3.13. The summed E-state index contributed by atoms with van der Waals surface area (Å²) in [5.74, 6) is 0.843. The van der Waals surface area contributed by atoms with Gasteiger partial charge in [-0.1, -0.05) is 0 Å². The Hall–Kier alpha value is -2.30. The van der Waals surface area contributed by atoms with Crippen LogP contribution in [0.2, 0.25) is 0 Å². The smallest absolute Gasteiger partial charge is 0.269 e. The molecule has 0 bridgehead atoms. The minimum Gasteiger partial charge on any atom is -0.493 e. The van der Waals surface area contributed by atoms with Crippen LogP contribution < -0.4 is 30.4 Å². The molecule has 1 aliphatic rings. The first-order valence-corrected chi connectivity index (χ1v) is 9.44. The summed E-state index contributed by atoms with van der Waals surface area (Å²) in [4.78, 5) is 14.7. The molecular weight excluding hydrogens is 384 g/mol. The van der Waals surface area contributed by atoms with E-state index in [1.807, 2.05) is 0 Å². The predicted octanol–water partition coefficient (Wildman–Crippen LogP) is 0.544. The van der Waals surface area contributed by atoms with Crippen molar-refractivity contribution in [2.45, 2.75) is 6.42 Å². The Kier molecular flexibility index (Phi) is 9.05. The van der Waals surface area contributed by atoms with Gasteiger partial charge in [0.2, 0.25) is 5.75 Å². The maximum Gasteiger partial charge on any atom is 0.269 e. The molecule has 3 N–H and O–H groups in total. The van der Waals surface area contributed by atoms with E-state index in [1.165, 1.54) is 21.3 Å². The number of carbonyl (C=O) groups is 1. The molecule has 0 atom stereocenters. The first-order chi connectivity index (χ1) is 13.6. The summed E-state index contributed by atoms with van der Waals surface area (Å²) in [6.45, 7) is 5.21. The van der Waals surface area contributed by atoms with E-state index in [9.17, 15) is 4.79 Å². The molecule has 0 saturated carbocycles. The number of hydrazine groups is 1. The van der Waals surface area contributed by atoms with Gasteiger partial charge < -0.3 is 24.3 Å². The van der Waals surface area contributed by atoms with Gasteiger partial charge in [0.05, 0.1) is 34.5 Å². The zero-order valence-corrected chi connectivity index (χ0v) is 17.3. The van der Waals surface area contributed by atoms with Crippen LogP contribution in [-0.4, -0.2) is 76.6 Å². The molecule has 0 spiro atoms. The maximum absolute atomic E-state index is 12.4. The van der Waals surface area contributed by atoms with Crippen LogP contribution in [0.1, 0.15) is 16.8 Å². The fourth-order valence-electron chi connectivity index (χ4n) is 2.77. The molecule has 0 unspecified atom stereocenters. The lowest BCUT2D eigenvalue weighted by molar-refractivity contribution is 0.0376. The first kappa shape index (κ1) is 22.0. The molecule has 0 radical (unpaired) electrons. The third-order valence-corrected chi connectivity index (χ3v) is 4.50. The highest BCUT2D eigenvalue weighted by Crippen LogP contribution is 2.38. The summed E-state index contributed by atoms with van der Waals surface area (Å²) < 4.78 is 21.1. The van der Waals surface area contributed by atoms with Crippen molar-refractivity contribution in [2.24, 2.45) is 0 Å². The van der Waals surface area contributed by atoms with Gasteiger partial charge in [0.1, 0.15) is 0 Å². The van der Waals surface area contributed by atoms with Gasteiger partial charge in [0.15, 0.2) is 16.6 Å². The van der Waals surface area contributed by atoms with Crippen LogP contribution >= 0.6 is 12.2 Å². The van der Waals surface area contributed by atoms with Crippen molar-refractivity contribution in [1.29, 1.82) is 0 Å². The van der Waals surface area contributed by atoms with E-state index < -0.39 is 0 Å². The fraction of sp³-hybridized carbons (Fsp3) is 0.556. The number of rotatable bonds is 8. The Labute approximate surface area is 170 Å². The largest absolute Gasteiger partial charge is 0.493 e. The average molecular weight is 413 g/mol. The average Bonchev–Trinajstić information content (AvgIpc) is 2.74. The van der Waals surface area contributed by atoms with E-state index in [0.29, 0.717) is 34.5 Å². The van der Waals surface area contributed by atoms with Gasteiger partial charge in [-0.3, -0.25) is 20.5 Å². The van der Waals surface area contributed by atoms with Crippen molar-refractivity contribution in [1.82, 2.24) is 21.1 Å². The standard InChI is InChI=1S/C18H28N4O5S/c1-24-14-11-13(12-15(25-2)16(14)26-3)17(23)20-21-18(28)19-5-4-6-22-7-9-27-10-8-22/h11-12H,4-10H2,1-3H3,(H,20,23)(H2,19,21,28). The summed E-state index contributed by atoms with van der Waals surface area (Å²) in [6.07, 6.45) is 0.947. The predicted molar refractivity (Wildman–Crippen MR) is 109 cm³/mol. The van der Waals surface area contributed by atoms with Crippen LogP contribution in [0, 0.1) is 0 Å². The topological polar surface area (TPSA) is 93.3 Å². The van der Waals surface area contributed by atoms with Gasteiger partial charge in [-0.2, -0.15) is 0 Å². The van der Waals surface area contributed by atoms with Crippen LogP contribution in [0.5, 0.6) is 17.2 Å². The quantitative estimate of drug-likeness (QED) is 0.321.